The van der Waals surface area contributed by atoms with Crippen LogP contribution in [0, 0.1) is 5.82 Å². The number of hydrogen-bond donors (Lipinski definition) is 1. The molecule has 2 aromatic rings. The zero-order chi connectivity index (χ0) is 20.7. The van der Waals surface area contributed by atoms with E-state index in [1.165, 1.54) is 56.7 Å². The molecule has 0 saturated heterocycles. The molecule has 0 radical (unpaired) electrons. The van der Waals surface area contributed by atoms with Crippen molar-refractivity contribution >= 4 is 29.3 Å². The van der Waals surface area contributed by atoms with Crippen LogP contribution in [-0.4, -0.2) is 37.8 Å². The largest absolute Gasteiger partial charge is 0.465 e. The van der Waals surface area contributed by atoms with Crippen molar-refractivity contribution in [2.24, 2.45) is 0 Å². The molecule has 2 aromatic carbocycles. The Balaban J connectivity index is 2.07. The van der Waals surface area contributed by atoms with Crippen LogP contribution in [-0.2, 0) is 14.3 Å². The van der Waals surface area contributed by atoms with Gasteiger partial charge in [-0.05, 0) is 42.5 Å². The van der Waals surface area contributed by atoms with E-state index < -0.39 is 23.7 Å². The Kier molecular flexibility index (Phi) is 6.97. The number of methoxy groups -OCH3 is 2. The van der Waals surface area contributed by atoms with Crippen molar-refractivity contribution < 1.29 is 33.0 Å². The number of hydrogen-bond acceptors (Lipinski definition) is 6. The molecule has 0 heterocycles. The monoisotopic (exact) mass is 387 g/mol. The first kappa shape index (κ1) is 20.8. The lowest BCUT2D eigenvalue weighted by Gasteiger charge is -2.09. The highest BCUT2D eigenvalue weighted by Crippen LogP contribution is 2.18. The summed E-state index contributed by atoms with van der Waals surface area (Å²) in [5.74, 6) is -2.64. The van der Waals surface area contributed by atoms with E-state index in [1.807, 2.05) is 0 Å². The third kappa shape index (κ3) is 5.47. The smallest absolute Gasteiger partial charge is 0.337 e. The van der Waals surface area contributed by atoms with E-state index in [-0.39, 0.29) is 35.4 Å². The van der Waals surface area contributed by atoms with Crippen LogP contribution in [0.3, 0.4) is 0 Å². The number of benzene rings is 2. The quantitative estimate of drug-likeness (QED) is 0.579. The highest BCUT2D eigenvalue weighted by molar-refractivity contribution is 6.02. The summed E-state index contributed by atoms with van der Waals surface area (Å²) in [6.07, 6.45) is -0.218. The van der Waals surface area contributed by atoms with Gasteiger partial charge in [0.15, 0.2) is 5.78 Å². The number of anilines is 1. The summed E-state index contributed by atoms with van der Waals surface area (Å²) < 4.78 is 22.1. The summed E-state index contributed by atoms with van der Waals surface area (Å²) in [5, 5.41) is 2.53. The number of carbonyl (C=O) groups is 4. The van der Waals surface area contributed by atoms with E-state index in [0.717, 1.165) is 0 Å². The van der Waals surface area contributed by atoms with Gasteiger partial charge in [0.2, 0.25) is 5.91 Å². The lowest BCUT2D eigenvalue weighted by atomic mass is 10.1. The molecule has 0 bridgehead atoms. The van der Waals surface area contributed by atoms with Gasteiger partial charge in [-0.25, -0.2) is 14.0 Å². The first-order valence-corrected chi connectivity index (χ1v) is 8.24. The van der Waals surface area contributed by atoms with Crippen molar-refractivity contribution in [3.05, 3.63) is 65.0 Å². The minimum Gasteiger partial charge on any atom is -0.465 e. The predicted octanol–water partition coefficient (Wildman–Crippen LogP) is 3.00. The zero-order valence-electron chi connectivity index (χ0n) is 15.3. The molecule has 7 nitrogen and oxygen atoms in total. The second-order valence-corrected chi connectivity index (χ2v) is 5.76. The third-order valence-corrected chi connectivity index (χ3v) is 3.80. The van der Waals surface area contributed by atoms with Gasteiger partial charge in [0.1, 0.15) is 5.82 Å². The normalized spacial score (nSPS) is 10.1. The van der Waals surface area contributed by atoms with Gasteiger partial charge in [-0.3, -0.25) is 9.59 Å². The molecule has 0 aromatic heterocycles. The fraction of sp³-hybridized carbons (Fsp3) is 0.200. The van der Waals surface area contributed by atoms with E-state index in [4.69, 9.17) is 0 Å². The SMILES string of the molecule is COC(=O)c1cc(NC(=O)CCC(=O)c2ccc(F)cc2)cc(C(=O)OC)c1. The minimum atomic E-state index is -0.687. The van der Waals surface area contributed by atoms with Crippen molar-refractivity contribution in [3.8, 4) is 0 Å². The molecular formula is C20H18FNO6. The summed E-state index contributed by atoms with van der Waals surface area (Å²) in [4.78, 5) is 47.7. The number of nitrogens with one attached hydrogen (secondary N) is 1. The Labute approximate surface area is 160 Å². The fourth-order valence-electron chi connectivity index (χ4n) is 2.40. The molecule has 2 rings (SSSR count). The van der Waals surface area contributed by atoms with Crippen molar-refractivity contribution in [1.82, 2.24) is 0 Å². The van der Waals surface area contributed by atoms with Crippen molar-refractivity contribution in [2.45, 2.75) is 12.8 Å². The predicted molar refractivity (Wildman–Crippen MR) is 97.7 cm³/mol. The number of esters is 2. The molecule has 0 spiro atoms. The molecule has 28 heavy (non-hydrogen) atoms. The number of halogens is 1. The maximum atomic E-state index is 12.9. The van der Waals surface area contributed by atoms with Crippen molar-refractivity contribution in [1.29, 1.82) is 0 Å². The van der Waals surface area contributed by atoms with Gasteiger partial charge < -0.3 is 14.8 Å². The van der Waals surface area contributed by atoms with Gasteiger partial charge in [0.05, 0.1) is 25.3 Å². The molecule has 0 aliphatic carbocycles. The van der Waals surface area contributed by atoms with Gasteiger partial charge in [-0.1, -0.05) is 0 Å². The zero-order valence-corrected chi connectivity index (χ0v) is 15.3. The highest BCUT2D eigenvalue weighted by Gasteiger charge is 2.16. The number of carbonyl (C=O) groups excluding carboxylic acids is 4. The number of amides is 1. The van der Waals surface area contributed by atoms with Crippen molar-refractivity contribution in [2.75, 3.05) is 19.5 Å². The molecule has 0 aliphatic heterocycles. The molecule has 1 N–H and O–H groups in total. The minimum absolute atomic E-state index is 0.0584. The highest BCUT2D eigenvalue weighted by atomic mass is 19.1. The van der Waals surface area contributed by atoms with E-state index in [1.54, 1.807) is 0 Å². The topological polar surface area (TPSA) is 98.8 Å². The lowest BCUT2D eigenvalue weighted by molar-refractivity contribution is -0.116. The number of Topliss-reactive ketones (excluding diaryl/α,β-unsaturated/α-hetero) is 1. The molecule has 0 fully saturated rings. The van der Waals surface area contributed by atoms with Crippen LogP contribution in [0.1, 0.15) is 43.9 Å². The Morgan fingerprint density at radius 3 is 1.86 bits per heavy atom. The van der Waals surface area contributed by atoms with Gasteiger partial charge in [0, 0.05) is 24.1 Å². The standard InChI is InChI=1S/C20H18FNO6/c1-27-19(25)13-9-14(20(26)28-2)11-16(10-13)22-18(24)8-7-17(23)12-3-5-15(21)6-4-12/h3-6,9-11H,7-8H2,1-2H3,(H,22,24). The Hall–Kier alpha value is -3.55. The van der Waals surface area contributed by atoms with Crippen LogP contribution in [0.4, 0.5) is 10.1 Å². The number of ketones is 1. The first-order chi connectivity index (χ1) is 13.3. The third-order valence-electron chi connectivity index (χ3n) is 3.80. The summed E-state index contributed by atoms with van der Waals surface area (Å²) >= 11 is 0. The van der Waals surface area contributed by atoms with E-state index in [9.17, 15) is 23.6 Å². The maximum Gasteiger partial charge on any atom is 0.337 e. The number of rotatable bonds is 7. The van der Waals surface area contributed by atoms with Crippen molar-refractivity contribution in [3.63, 3.8) is 0 Å². The second kappa shape index (κ2) is 9.40. The van der Waals surface area contributed by atoms with Gasteiger partial charge in [0.25, 0.3) is 0 Å². The van der Waals surface area contributed by atoms with Crippen LogP contribution >= 0.6 is 0 Å². The fourth-order valence-corrected chi connectivity index (χ4v) is 2.40. The average Bonchev–Trinajstić information content (AvgIpc) is 2.70. The van der Waals surface area contributed by atoms with Gasteiger partial charge in [-0.2, -0.15) is 0 Å². The molecule has 0 aliphatic rings. The first-order valence-electron chi connectivity index (χ1n) is 8.24. The van der Waals surface area contributed by atoms with E-state index >= 15 is 0 Å². The maximum absolute atomic E-state index is 12.9. The average molecular weight is 387 g/mol. The lowest BCUT2D eigenvalue weighted by Crippen LogP contribution is -2.15. The summed E-state index contributed by atoms with van der Waals surface area (Å²) in [6, 6.07) is 9.00. The van der Waals surface area contributed by atoms with Crippen LogP contribution in [0.2, 0.25) is 0 Å². The Morgan fingerprint density at radius 2 is 1.36 bits per heavy atom. The molecule has 0 atom stereocenters. The van der Waals surface area contributed by atoms with E-state index in [2.05, 4.69) is 14.8 Å². The molecule has 1 amide bonds. The second-order valence-electron chi connectivity index (χ2n) is 5.76. The Morgan fingerprint density at radius 1 is 0.821 bits per heavy atom. The van der Waals surface area contributed by atoms with Gasteiger partial charge >= 0.3 is 11.9 Å². The molecule has 0 unspecified atom stereocenters. The van der Waals surface area contributed by atoms with Crippen LogP contribution in [0.5, 0.6) is 0 Å². The van der Waals surface area contributed by atoms with Crippen LogP contribution in [0.15, 0.2) is 42.5 Å². The number of ether oxygens (including phenoxy) is 2. The molecule has 8 heteroatoms. The van der Waals surface area contributed by atoms with E-state index in [0.29, 0.717) is 5.56 Å². The summed E-state index contributed by atoms with van der Waals surface area (Å²) in [5.41, 5.74) is 0.601. The van der Waals surface area contributed by atoms with Crippen LogP contribution < -0.4 is 5.32 Å². The van der Waals surface area contributed by atoms with Crippen LogP contribution in [0.25, 0.3) is 0 Å². The summed E-state index contributed by atoms with van der Waals surface area (Å²) in [7, 11) is 2.37. The molecule has 0 saturated carbocycles. The van der Waals surface area contributed by atoms with Gasteiger partial charge in [-0.15, -0.1) is 0 Å². The Bertz CT molecular complexity index is 873. The molecular weight excluding hydrogens is 369 g/mol. The summed E-state index contributed by atoms with van der Waals surface area (Å²) in [6.45, 7) is 0. The molecule has 146 valence electrons.